The molecule has 3 aliphatic rings. The van der Waals surface area contributed by atoms with E-state index in [-0.39, 0.29) is 23.7 Å². The first-order chi connectivity index (χ1) is 11.7. The van der Waals surface area contributed by atoms with E-state index in [2.05, 4.69) is 13.8 Å². The Morgan fingerprint density at radius 3 is 2.88 bits per heavy atom. The van der Waals surface area contributed by atoms with Gasteiger partial charge in [0.2, 0.25) is 0 Å². The maximum Gasteiger partial charge on any atom is 0.342 e. The van der Waals surface area contributed by atoms with Gasteiger partial charge in [0.25, 0.3) is 0 Å². The topological polar surface area (TPSA) is 83.8 Å². The molecule has 5 heteroatoms. The Kier molecular flexibility index (Phi) is 4.51. The van der Waals surface area contributed by atoms with Crippen molar-refractivity contribution in [2.75, 3.05) is 6.61 Å². The number of carboxylic acids is 1. The van der Waals surface area contributed by atoms with E-state index in [4.69, 9.17) is 9.84 Å². The van der Waals surface area contributed by atoms with Crippen LogP contribution in [0, 0.1) is 28.6 Å². The zero-order valence-corrected chi connectivity index (χ0v) is 15.5. The van der Waals surface area contributed by atoms with Crippen molar-refractivity contribution in [3.8, 4) is 0 Å². The van der Waals surface area contributed by atoms with Crippen LogP contribution < -0.4 is 0 Å². The van der Waals surface area contributed by atoms with Gasteiger partial charge in [0, 0.05) is 6.42 Å². The van der Waals surface area contributed by atoms with Crippen molar-refractivity contribution in [3.63, 3.8) is 0 Å². The van der Waals surface area contributed by atoms with E-state index in [0.717, 1.165) is 32.1 Å². The van der Waals surface area contributed by atoms with Crippen molar-refractivity contribution < 1.29 is 24.5 Å². The summed E-state index contributed by atoms with van der Waals surface area (Å²) in [5, 5.41) is 20.2. The van der Waals surface area contributed by atoms with E-state index in [1.165, 1.54) is 0 Å². The predicted molar refractivity (Wildman–Crippen MR) is 92.7 cm³/mol. The van der Waals surface area contributed by atoms with Crippen LogP contribution in [0.5, 0.6) is 0 Å². The van der Waals surface area contributed by atoms with Gasteiger partial charge in [-0.25, -0.2) is 4.79 Å². The third kappa shape index (κ3) is 2.62. The summed E-state index contributed by atoms with van der Waals surface area (Å²) in [7, 11) is 0. The lowest BCUT2D eigenvalue weighted by molar-refractivity contribution is -0.164. The molecule has 0 unspecified atom stereocenters. The molecule has 1 aliphatic heterocycles. The minimum absolute atomic E-state index is 0.0439. The van der Waals surface area contributed by atoms with Crippen molar-refractivity contribution in [2.24, 2.45) is 28.6 Å². The summed E-state index contributed by atoms with van der Waals surface area (Å²) in [6.07, 6.45) is 8.12. The zero-order valence-electron chi connectivity index (χ0n) is 15.5. The van der Waals surface area contributed by atoms with Gasteiger partial charge in [-0.2, -0.15) is 0 Å². The Morgan fingerprint density at radius 2 is 2.20 bits per heavy atom. The van der Waals surface area contributed by atoms with Crippen LogP contribution in [0.15, 0.2) is 12.2 Å². The molecular weight excluding hydrogens is 320 g/mol. The Bertz CT molecular complexity index is 599. The van der Waals surface area contributed by atoms with Crippen LogP contribution >= 0.6 is 0 Å². The SMILES string of the molecule is C[C@H](CC[C@@]1(C)[C@H](C)CC[C@@]23COC(=O)[C@]2(O)C=CC[C@H]13)CC(=O)O. The van der Waals surface area contributed by atoms with Crippen LogP contribution in [-0.4, -0.2) is 34.4 Å². The lowest BCUT2D eigenvalue weighted by atomic mass is 9.44. The highest BCUT2D eigenvalue weighted by Gasteiger charge is 2.69. The minimum atomic E-state index is -1.50. The number of hydrogen-bond acceptors (Lipinski definition) is 4. The lowest BCUT2D eigenvalue weighted by Crippen LogP contribution is -2.61. The van der Waals surface area contributed by atoms with Crippen LogP contribution in [0.2, 0.25) is 0 Å². The molecule has 1 saturated heterocycles. The van der Waals surface area contributed by atoms with Gasteiger partial charge < -0.3 is 14.9 Å². The highest BCUT2D eigenvalue weighted by atomic mass is 16.6. The largest absolute Gasteiger partial charge is 0.481 e. The molecule has 2 N–H and O–H groups in total. The molecule has 6 atom stereocenters. The molecular formula is C20H30O5. The predicted octanol–water partition coefficient (Wildman–Crippen LogP) is 3.16. The number of hydrogen-bond donors (Lipinski definition) is 2. The van der Waals surface area contributed by atoms with Crippen molar-refractivity contribution >= 4 is 11.9 Å². The molecule has 1 saturated carbocycles. The van der Waals surface area contributed by atoms with Gasteiger partial charge in [-0.1, -0.05) is 26.8 Å². The van der Waals surface area contributed by atoms with E-state index in [9.17, 15) is 14.7 Å². The Hall–Kier alpha value is -1.36. The first-order valence-electron chi connectivity index (χ1n) is 9.45. The highest BCUT2D eigenvalue weighted by Crippen LogP contribution is 2.65. The maximum absolute atomic E-state index is 12.3. The van der Waals surface area contributed by atoms with E-state index in [1.807, 2.05) is 13.0 Å². The standard InChI is InChI=1S/C20H30O5/c1-13(11-16(21)22)6-9-18(3)14(2)7-10-19-12-25-17(23)20(19,24)8-4-5-15(18)19/h4,8,13-15,24H,5-7,9-12H2,1-3H3,(H,21,22)/t13-,14-,15-,18+,19+,20-/m1/s1. The van der Waals surface area contributed by atoms with Crippen LogP contribution in [0.4, 0.5) is 0 Å². The van der Waals surface area contributed by atoms with Crippen LogP contribution in [0.3, 0.4) is 0 Å². The second-order valence-corrected chi connectivity index (χ2v) is 8.88. The van der Waals surface area contributed by atoms with E-state index >= 15 is 0 Å². The quantitative estimate of drug-likeness (QED) is 0.588. The smallest absolute Gasteiger partial charge is 0.342 e. The number of esters is 1. The normalized spacial score (nSPS) is 43.9. The number of carboxylic acid groups (broad SMARTS) is 1. The number of aliphatic hydroxyl groups is 1. The van der Waals surface area contributed by atoms with Gasteiger partial charge in [0.05, 0.1) is 5.41 Å². The molecule has 5 nitrogen and oxygen atoms in total. The summed E-state index contributed by atoms with van der Waals surface area (Å²) in [5.74, 6) is -0.507. The fourth-order valence-electron chi connectivity index (χ4n) is 5.68. The van der Waals surface area contributed by atoms with Gasteiger partial charge in [0.1, 0.15) is 6.61 Å². The summed E-state index contributed by atoms with van der Waals surface area (Å²) in [4.78, 5) is 23.2. The highest BCUT2D eigenvalue weighted by molar-refractivity contribution is 5.86. The fraction of sp³-hybridized carbons (Fsp3) is 0.800. The number of allylic oxidation sites excluding steroid dienone is 1. The van der Waals surface area contributed by atoms with Crippen LogP contribution in [0.1, 0.15) is 59.3 Å². The molecule has 1 spiro atoms. The third-order valence-electron chi connectivity index (χ3n) is 7.57. The summed E-state index contributed by atoms with van der Waals surface area (Å²) < 4.78 is 5.35. The second kappa shape index (κ2) is 6.11. The minimum Gasteiger partial charge on any atom is -0.481 e. The molecule has 140 valence electrons. The molecule has 3 rings (SSSR count). The average Bonchev–Trinajstić information content (AvgIpc) is 2.80. The molecule has 2 aliphatic carbocycles. The third-order valence-corrected chi connectivity index (χ3v) is 7.57. The fourth-order valence-corrected chi connectivity index (χ4v) is 5.68. The Labute approximate surface area is 149 Å². The monoisotopic (exact) mass is 350 g/mol. The summed E-state index contributed by atoms with van der Waals surface area (Å²) >= 11 is 0. The number of ether oxygens (including phenoxy) is 1. The number of rotatable bonds is 5. The summed E-state index contributed by atoms with van der Waals surface area (Å²) in [6, 6.07) is 0. The van der Waals surface area contributed by atoms with Crippen molar-refractivity contribution in [1.82, 2.24) is 0 Å². The van der Waals surface area contributed by atoms with Crippen molar-refractivity contribution in [1.29, 1.82) is 0 Å². The molecule has 0 radical (unpaired) electrons. The molecule has 25 heavy (non-hydrogen) atoms. The maximum atomic E-state index is 12.3. The van der Waals surface area contributed by atoms with Crippen molar-refractivity contribution in [2.45, 2.75) is 64.9 Å². The molecule has 2 fully saturated rings. The molecule has 0 aromatic carbocycles. The molecule has 0 aromatic rings. The Balaban J connectivity index is 1.88. The van der Waals surface area contributed by atoms with Crippen LogP contribution in [0.25, 0.3) is 0 Å². The van der Waals surface area contributed by atoms with E-state index < -0.39 is 23.0 Å². The van der Waals surface area contributed by atoms with Gasteiger partial charge >= 0.3 is 11.9 Å². The molecule has 0 aromatic heterocycles. The van der Waals surface area contributed by atoms with Gasteiger partial charge in [0.15, 0.2) is 5.60 Å². The number of carbonyl (C=O) groups excluding carboxylic acids is 1. The van der Waals surface area contributed by atoms with E-state index in [0.29, 0.717) is 12.5 Å². The number of carbonyl (C=O) groups is 2. The van der Waals surface area contributed by atoms with Gasteiger partial charge in [-0.15, -0.1) is 0 Å². The molecule has 0 amide bonds. The van der Waals surface area contributed by atoms with Crippen LogP contribution in [-0.2, 0) is 14.3 Å². The molecule has 0 bridgehead atoms. The molecule has 1 heterocycles. The number of aliphatic carboxylic acids is 1. The van der Waals surface area contributed by atoms with E-state index in [1.54, 1.807) is 6.08 Å². The van der Waals surface area contributed by atoms with Gasteiger partial charge in [-0.3, -0.25) is 4.79 Å². The summed E-state index contributed by atoms with van der Waals surface area (Å²) in [5.41, 5.74) is -2.07. The van der Waals surface area contributed by atoms with Crippen molar-refractivity contribution in [3.05, 3.63) is 12.2 Å². The first-order valence-corrected chi connectivity index (χ1v) is 9.45. The zero-order chi connectivity index (χ0) is 18.5. The lowest BCUT2D eigenvalue weighted by Gasteiger charge is -2.59. The number of cyclic esters (lactones) is 1. The summed E-state index contributed by atoms with van der Waals surface area (Å²) in [6.45, 7) is 6.80. The Morgan fingerprint density at radius 1 is 1.48 bits per heavy atom. The second-order valence-electron chi connectivity index (χ2n) is 8.88. The first kappa shape index (κ1) is 18.4. The van der Waals surface area contributed by atoms with Gasteiger partial charge in [-0.05, 0) is 61.3 Å². The average molecular weight is 350 g/mol.